The van der Waals surface area contributed by atoms with Gasteiger partial charge in [-0.05, 0) is 38.1 Å². The first-order valence-corrected chi connectivity index (χ1v) is 6.68. The lowest BCUT2D eigenvalue weighted by molar-refractivity contribution is -0.117. The molecule has 2 aromatic rings. The monoisotopic (exact) mass is 305 g/mol. The van der Waals surface area contributed by atoms with E-state index >= 15 is 0 Å². The average molecular weight is 305 g/mol. The zero-order valence-electron chi connectivity index (χ0n) is 12.3. The zero-order chi connectivity index (χ0) is 16.3. The Morgan fingerprint density at radius 2 is 1.91 bits per heavy atom. The SMILES string of the molecule is Cc1noc(C)c1C(=O)N(CCC(N)=O)c1ccc(F)cc1. The van der Waals surface area contributed by atoms with Crippen LogP contribution in [0.25, 0.3) is 0 Å². The van der Waals surface area contributed by atoms with Gasteiger partial charge >= 0.3 is 0 Å². The number of amides is 2. The molecule has 1 aromatic heterocycles. The Morgan fingerprint density at radius 3 is 2.41 bits per heavy atom. The molecule has 1 aromatic carbocycles. The highest BCUT2D eigenvalue weighted by molar-refractivity contribution is 6.07. The van der Waals surface area contributed by atoms with Crippen LogP contribution >= 0.6 is 0 Å². The quantitative estimate of drug-likeness (QED) is 0.914. The summed E-state index contributed by atoms with van der Waals surface area (Å²) in [7, 11) is 0. The zero-order valence-corrected chi connectivity index (χ0v) is 12.3. The van der Waals surface area contributed by atoms with Crippen molar-refractivity contribution in [1.29, 1.82) is 0 Å². The second-order valence-corrected chi connectivity index (χ2v) is 4.85. The van der Waals surface area contributed by atoms with Gasteiger partial charge in [0.2, 0.25) is 5.91 Å². The van der Waals surface area contributed by atoms with Gasteiger partial charge in [-0.25, -0.2) is 4.39 Å². The van der Waals surface area contributed by atoms with Crippen LogP contribution in [0.5, 0.6) is 0 Å². The largest absolute Gasteiger partial charge is 0.370 e. The molecule has 0 fully saturated rings. The van der Waals surface area contributed by atoms with Gasteiger partial charge < -0.3 is 15.2 Å². The number of hydrogen-bond acceptors (Lipinski definition) is 4. The standard InChI is InChI=1S/C15H16FN3O3/c1-9-14(10(2)22-18-9)15(21)19(8-7-13(17)20)12-5-3-11(16)4-6-12/h3-6H,7-8H2,1-2H3,(H2,17,20). The fourth-order valence-corrected chi connectivity index (χ4v) is 2.11. The number of hydrogen-bond donors (Lipinski definition) is 1. The number of carbonyl (C=O) groups excluding carboxylic acids is 2. The first kappa shape index (κ1) is 15.7. The van der Waals surface area contributed by atoms with Crippen LogP contribution in [0.3, 0.4) is 0 Å². The molecule has 6 nitrogen and oxygen atoms in total. The van der Waals surface area contributed by atoms with E-state index in [4.69, 9.17) is 10.3 Å². The Morgan fingerprint density at radius 1 is 1.27 bits per heavy atom. The molecule has 116 valence electrons. The van der Waals surface area contributed by atoms with Gasteiger partial charge in [0.1, 0.15) is 17.1 Å². The summed E-state index contributed by atoms with van der Waals surface area (Å²) in [6.45, 7) is 3.37. The summed E-state index contributed by atoms with van der Waals surface area (Å²) in [5.74, 6) is -0.931. The van der Waals surface area contributed by atoms with Gasteiger partial charge in [0, 0.05) is 18.7 Å². The summed E-state index contributed by atoms with van der Waals surface area (Å²) in [5.41, 5.74) is 6.40. The van der Waals surface area contributed by atoms with Gasteiger partial charge in [0.25, 0.3) is 5.91 Å². The second-order valence-electron chi connectivity index (χ2n) is 4.85. The molecule has 22 heavy (non-hydrogen) atoms. The molecule has 0 saturated heterocycles. The first-order chi connectivity index (χ1) is 10.4. The van der Waals surface area contributed by atoms with Crippen molar-refractivity contribution in [1.82, 2.24) is 5.16 Å². The number of primary amides is 1. The molecule has 2 rings (SSSR count). The molecule has 0 spiro atoms. The Labute approximate surface area is 126 Å². The maximum absolute atomic E-state index is 13.1. The molecule has 7 heteroatoms. The predicted molar refractivity (Wildman–Crippen MR) is 77.9 cm³/mol. The lowest BCUT2D eigenvalue weighted by Crippen LogP contribution is -2.34. The Kier molecular flexibility index (Phi) is 4.55. The van der Waals surface area contributed by atoms with Gasteiger partial charge in [-0.1, -0.05) is 5.16 Å². The number of benzene rings is 1. The minimum Gasteiger partial charge on any atom is -0.370 e. The highest BCUT2D eigenvalue weighted by Crippen LogP contribution is 2.21. The third kappa shape index (κ3) is 3.30. The summed E-state index contributed by atoms with van der Waals surface area (Å²) in [5, 5.41) is 3.75. The van der Waals surface area contributed by atoms with E-state index in [-0.39, 0.29) is 18.9 Å². The van der Waals surface area contributed by atoms with Crippen molar-refractivity contribution in [2.24, 2.45) is 5.73 Å². The molecule has 0 unspecified atom stereocenters. The van der Waals surface area contributed by atoms with Crippen molar-refractivity contribution in [2.45, 2.75) is 20.3 Å². The second kappa shape index (κ2) is 6.38. The normalized spacial score (nSPS) is 10.5. The first-order valence-electron chi connectivity index (χ1n) is 6.68. The number of anilines is 1. The van der Waals surface area contributed by atoms with E-state index in [1.54, 1.807) is 13.8 Å². The molecule has 0 aliphatic rings. The lowest BCUT2D eigenvalue weighted by atomic mass is 10.1. The molecule has 0 aliphatic heterocycles. The van der Waals surface area contributed by atoms with E-state index in [0.717, 1.165) is 0 Å². The number of aryl methyl sites for hydroxylation is 2. The molecule has 0 bridgehead atoms. The van der Waals surface area contributed by atoms with Crippen LogP contribution in [0.1, 0.15) is 28.2 Å². The van der Waals surface area contributed by atoms with Crippen molar-refractivity contribution < 1.29 is 18.5 Å². The van der Waals surface area contributed by atoms with Crippen LogP contribution in [0.4, 0.5) is 10.1 Å². The predicted octanol–water partition coefficient (Wildman–Crippen LogP) is 1.95. The minimum atomic E-state index is -0.529. The van der Waals surface area contributed by atoms with E-state index in [1.165, 1.54) is 29.2 Å². The van der Waals surface area contributed by atoms with Crippen LogP contribution in [0, 0.1) is 19.7 Å². The van der Waals surface area contributed by atoms with E-state index < -0.39 is 11.7 Å². The Balaban J connectivity index is 2.37. The van der Waals surface area contributed by atoms with Crippen LogP contribution in [0.15, 0.2) is 28.8 Å². The molecule has 0 atom stereocenters. The number of nitrogens with two attached hydrogens (primary N) is 1. The van der Waals surface area contributed by atoms with Gasteiger partial charge in [-0.3, -0.25) is 9.59 Å². The number of rotatable bonds is 5. The molecule has 1 heterocycles. The van der Waals surface area contributed by atoms with Crippen LogP contribution in [-0.2, 0) is 4.79 Å². The third-order valence-electron chi connectivity index (χ3n) is 3.21. The lowest BCUT2D eigenvalue weighted by Gasteiger charge is -2.22. The smallest absolute Gasteiger partial charge is 0.263 e. The minimum absolute atomic E-state index is 0.00745. The van der Waals surface area contributed by atoms with Gasteiger partial charge in [0.05, 0.1) is 5.69 Å². The van der Waals surface area contributed by atoms with Crippen molar-refractivity contribution in [3.8, 4) is 0 Å². The van der Waals surface area contributed by atoms with Gasteiger partial charge in [-0.2, -0.15) is 0 Å². The molecular weight excluding hydrogens is 289 g/mol. The molecule has 0 radical (unpaired) electrons. The summed E-state index contributed by atoms with van der Waals surface area (Å²) < 4.78 is 18.1. The maximum atomic E-state index is 13.1. The Bertz CT molecular complexity index is 675. The van der Waals surface area contributed by atoms with Crippen molar-refractivity contribution >= 4 is 17.5 Å². The van der Waals surface area contributed by atoms with E-state index in [0.29, 0.717) is 22.7 Å². The molecule has 2 amide bonds. The van der Waals surface area contributed by atoms with Crippen LogP contribution in [-0.4, -0.2) is 23.5 Å². The summed E-state index contributed by atoms with van der Waals surface area (Å²) >= 11 is 0. The maximum Gasteiger partial charge on any atom is 0.263 e. The summed E-state index contributed by atoms with van der Waals surface area (Å²) in [4.78, 5) is 25.1. The molecule has 2 N–H and O–H groups in total. The van der Waals surface area contributed by atoms with Crippen LogP contribution < -0.4 is 10.6 Å². The van der Waals surface area contributed by atoms with E-state index in [2.05, 4.69) is 5.16 Å². The van der Waals surface area contributed by atoms with Gasteiger partial charge in [-0.15, -0.1) is 0 Å². The number of aromatic nitrogens is 1. The molecular formula is C15H16FN3O3. The van der Waals surface area contributed by atoms with Crippen molar-refractivity contribution in [2.75, 3.05) is 11.4 Å². The number of nitrogens with zero attached hydrogens (tertiary/aromatic N) is 2. The van der Waals surface area contributed by atoms with Gasteiger partial charge in [0.15, 0.2) is 0 Å². The fraction of sp³-hybridized carbons (Fsp3) is 0.267. The van der Waals surface area contributed by atoms with E-state index in [1.807, 2.05) is 0 Å². The summed E-state index contributed by atoms with van der Waals surface area (Å²) in [6, 6.07) is 5.42. The number of halogens is 1. The fourth-order valence-electron chi connectivity index (χ4n) is 2.11. The Hall–Kier alpha value is -2.70. The van der Waals surface area contributed by atoms with Crippen molar-refractivity contribution in [3.05, 3.63) is 47.1 Å². The third-order valence-corrected chi connectivity index (χ3v) is 3.21. The van der Waals surface area contributed by atoms with Crippen molar-refractivity contribution in [3.63, 3.8) is 0 Å². The summed E-state index contributed by atoms with van der Waals surface area (Å²) in [6.07, 6.45) is -0.00745. The van der Waals surface area contributed by atoms with Crippen LogP contribution in [0.2, 0.25) is 0 Å². The molecule has 0 aliphatic carbocycles. The highest BCUT2D eigenvalue weighted by Gasteiger charge is 2.24. The topological polar surface area (TPSA) is 89.4 Å². The number of carbonyl (C=O) groups is 2. The highest BCUT2D eigenvalue weighted by atomic mass is 19.1. The van der Waals surface area contributed by atoms with E-state index in [9.17, 15) is 14.0 Å². The average Bonchev–Trinajstić information content (AvgIpc) is 2.79. The molecule has 0 saturated carbocycles.